The van der Waals surface area contributed by atoms with E-state index in [2.05, 4.69) is 0 Å². The molecule has 0 amide bonds. The first-order valence-corrected chi connectivity index (χ1v) is 5.50. The van der Waals surface area contributed by atoms with Gasteiger partial charge in [0.1, 0.15) is 0 Å². The van der Waals surface area contributed by atoms with Crippen LogP contribution in [0.4, 0.5) is 0 Å². The predicted octanol–water partition coefficient (Wildman–Crippen LogP) is 2.01. The molecule has 0 aromatic heterocycles. The van der Waals surface area contributed by atoms with E-state index in [1.165, 1.54) is 24.3 Å². The van der Waals surface area contributed by atoms with Crippen LogP contribution < -0.4 is 0 Å². The summed E-state index contributed by atoms with van der Waals surface area (Å²) in [7, 11) is -3.23. The minimum absolute atomic E-state index is 0.178. The van der Waals surface area contributed by atoms with Gasteiger partial charge in [0.25, 0.3) is 0 Å². The van der Waals surface area contributed by atoms with Crippen molar-refractivity contribution in [3.8, 4) is 5.75 Å². The molecular formula is C9H11O3S. The van der Waals surface area contributed by atoms with Crippen molar-refractivity contribution in [2.45, 2.75) is 24.0 Å². The van der Waals surface area contributed by atoms with Gasteiger partial charge in [0.15, 0.2) is 15.6 Å². The molecule has 71 valence electrons. The van der Waals surface area contributed by atoms with Gasteiger partial charge in [-0.25, -0.2) is 8.42 Å². The minimum Gasteiger partial charge on any atom is -0.290 e. The van der Waals surface area contributed by atoms with E-state index < -0.39 is 15.1 Å². The van der Waals surface area contributed by atoms with Crippen molar-refractivity contribution in [1.29, 1.82) is 0 Å². The predicted molar refractivity (Wildman–Crippen MR) is 48.9 cm³/mol. The van der Waals surface area contributed by atoms with Crippen LogP contribution in [0.5, 0.6) is 5.75 Å². The molecule has 0 heterocycles. The van der Waals surface area contributed by atoms with Crippen LogP contribution >= 0.6 is 0 Å². The van der Waals surface area contributed by atoms with E-state index in [-0.39, 0.29) is 10.6 Å². The minimum atomic E-state index is -3.23. The topological polar surface area (TPSA) is 54.0 Å². The van der Waals surface area contributed by atoms with Gasteiger partial charge in [-0.3, -0.25) is 5.11 Å². The number of rotatable bonds is 2. The maximum absolute atomic E-state index is 11.5. The van der Waals surface area contributed by atoms with Gasteiger partial charge < -0.3 is 0 Å². The van der Waals surface area contributed by atoms with Crippen LogP contribution in [0, 0.1) is 0 Å². The third-order valence-electron chi connectivity index (χ3n) is 1.77. The maximum Gasteiger partial charge on any atom is 0.180 e. The zero-order valence-corrected chi connectivity index (χ0v) is 8.34. The molecule has 0 saturated heterocycles. The summed E-state index contributed by atoms with van der Waals surface area (Å²) in [5.74, 6) is -0.178. The molecule has 0 aliphatic carbocycles. The van der Waals surface area contributed by atoms with Crippen molar-refractivity contribution in [3.05, 3.63) is 24.3 Å². The van der Waals surface area contributed by atoms with Crippen LogP contribution in [-0.2, 0) is 14.9 Å². The highest BCUT2D eigenvalue weighted by Gasteiger charge is 2.18. The Hall–Kier alpha value is -1.03. The largest absolute Gasteiger partial charge is 0.290 e. The van der Waals surface area contributed by atoms with Crippen LogP contribution in [0.25, 0.3) is 0 Å². The number of hydrogen-bond acceptors (Lipinski definition) is 2. The summed E-state index contributed by atoms with van der Waals surface area (Å²) in [6.07, 6.45) is 0. The molecule has 0 unspecified atom stereocenters. The van der Waals surface area contributed by atoms with Gasteiger partial charge in [0.2, 0.25) is 0 Å². The van der Waals surface area contributed by atoms with E-state index in [9.17, 15) is 13.5 Å². The SMILES string of the molecule is CC(C)S(=O)(=O)c1ccc([O])cc1. The summed E-state index contributed by atoms with van der Waals surface area (Å²) in [6, 6.07) is 5.21. The van der Waals surface area contributed by atoms with E-state index in [4.69, 9.17) is 0 Å². The first-order chi connectivity index (χ1) is 5.94. The molecule has 0 N–H and O–H groups in total. The van der Waals surface area contributed by atoms with Crippen molar-refractivity contribution in [3.63, 3.8) is 0 Å². The molecule has 0 aliphatic heterocycles. The van der Waals surface area contributed by atoms with Gasteiger partial charge in [-0.2, -0.15) is 0 Å². The van der Waals surface area contributed by atoms with Crippen molar-refractivity contribution in [2.75, 3.05) is 0 Å². The van der Waals surface area contributed by atoms with Crippen molar-refractivity contribution in [2.24, 2.45) is 0 Å². The lowest BCUT2D eigenvalue weighted by atomic mass is 10.3. The fourth-order valence-electron chi connectivity index (χ4n) is 0.901. The number of sulfone groups is 1. The third kappa shape index (κ3) is 2.01. The second-order valence-electron chi connectivity index (χ2n) is 3.07. The Labute approximate surface area is 77.9 Å². The summed E-state index contributed by atoms with van der Waals surface area (Å²) in [5.41, 5.74) is 0. The summed E-state index contributed by atoms with van der Waals surface area (Å²) >= 11 is 0. The zero-order chi connectivity index (χ0) is 10.1. The molecule has 4 heteroatoms. The van der Waals surface area contributed by atoms with Crippen LogP contribution in [0.2, 0.25) is 0 Å². The van der Waals surface area contributed by atoms with Crippen LogP contribution in [0.15, 0.2) is 29.2 Å². The van der Waals surface area contributed by atoms with Gasteiger partial charge >= 0.3 is 0 Å². The summed E-state index contributed by atoms with van der Waals surface area (Å²) in [5, 5.41) is 10.3. The average molecular weight is 199 g/mol. The first-order valence-electron chi connectivity index (χ1n) is 3.95. The highest BCUT2D eigenvalue weighted by atomic mass is 32.2. The summed E-state index contributed by atoms with van der Waals surface area (Å²) in [4.78, 5) is 0.210. The molecule has 1 rings (SSSR count). The van der Waals surface area contributed by atoms with E-state index in [0.29, 0.717) is 0 Å². The summed E-state index contributed by atoms with van der Waals surface area (Å²) in [6.45, 7) is 3.22. The lowest BCUT2D eigenvalue weighted by Crippen LogP contribution is -2.13. The molecule has 3 nitrogen and oxygen atoms in total. The molecule has 0 bridgehead atoms. The Morgan fingerprint density at radius 1 is 1.08 bits per heavy atom. The van der Waals surface area contributed by atoms with Gasteiger partial charge in [-0.1, -0.05) is 0 Å². The fraction of sp³-hybridized carbons (Fsp3) is 0.333. The molecule has 1 radical (unpaired) electrons. The van der Waals surface area contributed by atoms with Crippen molar-refractivity contribution >= 4 is 9.84 Å². The molecule has 13 heavy (non-hydrogen) atoms. The highest BCUT2D eigenvalue weighted by Crippen LogP contribution is 2.18. The van der Waals surface area contributed by atoms with Crippen molar-refractivity contribution < 1.29 is 13.5 Å². The van der Waals surface area contributed by atoms with E-state index >= 15 is 0 Å². The average Bonchev–Trinajstić information content (AvgIpc) is 2.04. The normalized spacial score (nSPS) is 11.9. The Kier molecular flexibility index (Phi) is 2.61. The molecule has 1 aromatic carbocycles. The fourth-order valence-corrected chi connectivity index (χ4v) is 1.96. The van der Waals surface area contributed by atoms with E-state index in [0.717, 1.165) is 0 Å². The maximum atomic E-state index is 11.5. The molecule has 0 aliphatic rings. The van der Waals surface area contributed by atoms with Gasteiger partial charge in [0, 0.05) is 0 Å². The molecule has 1 aromatic rings. The monoisotopic (exact) mass is 199 g/mol. The lowest BCUT2D eigenvalue weighted by molar-refractivity contribution is 0.354. The van der Waals surface area contributed by atoms with Gasteiger partial charge in [-0.15, -0.1) is 0 Å². The highest BCUT2D eigenvalue weighted by molar-refractivity contribution is 7.92. The second-order valence-corrected chi connectivity index (χ2v) is 5.57. The van der Waals surface area contributed by atoms with E-state index in [1.807, 2.05) is 0 Å². The Bertz CT molecular complexity index is 376. The van der Waals surface area contributed by atoms with Crippen LogP contribution in [0.1, 0.15) is 13.8 Å². The molecule has 0 atom stereocenters. The first kappa shape index (κ1) is 10.1. The molecule has 0 saturated carbocycles. The summed E-state index contributed by atoms with van der Waals surface area (Å²) < 4.78 is 23.1. The molecule has 0 spiro atoms. The quantitative estimate of drug-likeness (QED) is 0.731. The Morgan fingerprint density at radius 2 is 1.54 bits per heavy atom. The third-order valence-corrected chi connectivity index (χ3v) is 3.94. The zero-order valence-electron chi connectivity index (χ0n) is 7.52. The van der Waals surface area contributed by atoms with Crippen molar-refractivity contribution in [1.82, 2.24) is 0 Å². The second kappa shape index (κ2) is 3.38. The molecular weight excluding hydrogens is 188 g/mol. The van der Waals surface area contributed by atoms with Gasteiger partial charge in [-0.05, 0) is 38.1 Å². The number of hydrogen-bond donors (Lipinski definition) is 0. The van der Waals surface area contributed by atoms with Gasteiger partial charge in [0.05, 0.1) is 10.1 Å². The molecule has 0 fully saturated rings. The Balaban J connectivity index is 3.17. The van der Waals surface area contributed by atoms with Crippen LogP contribution in [0.3, 0.4) is 0 Å². The lowest BCUT2D eigenvalue weighted by Gasteiger charge is -2.06. The number of benzene rings is 1. The standard InChI is InChI=1S/C9H11O3S/c1-7(2)13(11,12)9-5-3-8(10)4-6-9/h3-7H,1-2H3. The van der Waals surface area contributed by atoms with E-state index in [1.54, 1.807) is 13.8 Å². The smallest absolute Gasteiger partial charge is 0.180 e. The Morgan fingerprint density at radius 3 is 1.92 bits per heavy atom. The van der Waals surface area contributed by atoms with Crippen LogP contribution in [-0.4, -0.2) is 13.7 Å².